The van der Waals surface area contributed by atoms with E-state index in [2.05, 4.69) is 41.7 Å². The molecular weight excluding hydrogens is 340 g/mol. The molecule has 0 fully saturated rings. The van der Waals surface area contributed by atoms with Crippen molar-refractivity contribution in [1.29, 1.82) is 0 Å². The third kappa shape index (κ3) is 3.20. The Labute approximate surface area is 158 Å². The molecule has 7 heteroatoms. The minimum absolute atomic E-state index is 0.0300. The summed E-state index contributed by atoms with van der Waals surface area (Å²) in [4.78, 5) is 25.1. The molecule has 27 heavy (non-hydrogen) atoms. The van der Waals surface area contributed by atoms with Gasteiger partial charge in [0.2, 0.25) is 0 Å². The van der Waals surface area contributed by atoms with Crippen molar-refractivity contribution in [2.24, 2.45) is 0 Å². The van der Waals surface area contributed by atoms with Gasteiger partial charge in [0.1, 0.15) is 5.52 Å². The molecule has 0 bridgehead atoms. The first-order chi connectivity index (χ1) is 12.9. The molecule has 0 saturated carbocycles. The Hall–Kier alpha value is -3.09. The van der Waals surface area contributed by atoms with Crippen LogP contribution in [0, 0.1) is 0 Å². The first-order valence-electron chi connectivity index (χ1n) is 9.13. The molecule has 4 N–H and O–H groups in total. The number of rotatable bonds is 3. The van der Waals surface area contributed by atoms with E-state index in [1.54, 1.807) is 0 Å². The highest BCUT2D eigenvalue weighted by Gasteiger charge is 2.22. The van der Waals surface area contributed by atoms with E-state index in [1.165, 1.54) is 0 Å². The maximum Gasteiger partial charge on any atom is 0.253 e. The fourth-order valence-corrected chi connectivity index (χ4v) is 3.35. The Morgan fingerprint density at radius 2 is 1.93 bits per heavy atom. The van der Waals surface area contributed by atoms with Gasteiger partial charge in [-0.15, -0.1) is 0 Å². The van der Waals surface area contributed by atoms with E-state index in [1.807, 2.05) is 31.3 Å². The van der Waals surface area contributed by atoms with Crippen molar-refractivity contribution in [2.45, 2.75) is 32.7 Å². The minimum atomic E-state index is -0.146. The van der Waals surface area contributed by atoms with E-state index in [0.29, 0.717) is 23.7 Å². The van der Waals surface area contributed by atoms with Crippen LogP contribution in [0.15, 0.2) is 24.3 Å². The SMILES string of the molecule is CNc1nc2cccc(-c3cc4c([nH]3)CCNC4=O)c2nc1NC(C)(C)C. The van der Waals surface area contributed by atoms with E-state index >= 15 is 0 Å². The molecule has 1 aliphatic heterocycles. The summed E-state index contributed by atoms with van der Waals surface area (Å²) in [5.74, 6) is 1.39. The van der Waals surface area contributed by atoms with Gasteiger partial charge >= 0.3 is 0 Å². The number of H-pyrrole nitrogens is 1. The summed E-state index contributed by atoms with van der Waals surface area (Å²) in [7, 11) is 1.84. The van der Waals surface area contributed by atoms with E-state index in [9.17, 15) is 4.79 Å². The van der Waals surface area contributed by atoms with Crippen LogP contribution >= 0.6 is 0 Å². The number of fused-ring (bicyclic) bond motifs is 2. The lowest BCUT2D eigenvalue weighted by Crippen LogP contribution is -2.31. The Balaban J connectivity index is 1.89. The van der Waals surface area contributed by atoms with Crippen molar-refractivity contribution in [1.82, 2.24) is 20.3 Å². The molecule has 7 nitrogen and oxygen atoms in total. The molecule has 0 atom stereocenters. The van der Waals surface area contributed by atoms with Gasteiger partial charge in [-0.3, -0.25) is 4.79 Å². The van der Waals surface area contributed by atoms with Crippen molar-refractivity contribution in [3.8, 4) is 11.3 Å². The second kappa shape index (κ2) is 6.26. The zero-order valence-corrected chi connectivity index (χ0v) is 16.0. The van der Waals surface area contributed by atoms with Crippen LogP contribution in [0.1, 0.15) is 36.8 Å². The number of benzene rings is 1. The maximum atomic E-state index is 12.1. The van der Waals surface area contributed by atoms with Crippen LogP contribution in [0.5, 0.6) is 0 Å². The monoisotopic (exact) mass is 364 g/mol. The smallest absolute Gasteiger partial charge is 0.253 e. The predicted molar refractivity (Wildman–Crippen MR) is 108 cm³/mol. The number of hydrogen-bond donors (Lipinski definition) is 4. The molecule has 0 unspecified atom stereocenters. The molecule has 0 aliphatic carbocycles. The van der Waals surface area contributed by atoms with Gasteiger partial charge in [0.25, 0.3) is 5.91 Å². The quantitative estimate of drug-likeness (QED) is 0.573. The summed E-state index contributed by atoms with van der Waals surface area (Å²) < 4.78 is 0. The number of aromatic nitrogens is 3. The lowest BCUT2D eigenvalue weighted by molar-refractivity contribution is 0.0946. The fourth-order valence-electron chi connectivity index (χ4n) is 3.35. The van der Waals surface area contributed by atoms with Crippen molar-refractivity contribution in [3.63, 3.8) is 0 Å². The number of anilines is 2. The van der Waals surface area contributed by atoms with Gasteiger partial charge in [0, 0.05) is 42.5 Å². The van der Waals surface area contributed by atoms with Gasteiger partial charge < -0.3 is 20.9 Å². The molecule has 0 saturated heterocycles. The first-order valence-corrected chi connectivity index (χ1v) is 9.13. The molecule has 0 spiro atoms. The molecular formula is C20H24N6O. The molecule has 140 valence electrons. The molecule has 4 rings (SSSR count). The third-order valence-corrected chi connectivity index (χ3v) is 4.52. The van der Waals surface area contributed by atoms with Gasteiger partial charge in [-0.1, -0.05) is 12.1 Å². The van der Waals surface area contributed by atoms with Crippen molar-refractivity contribution < 1.29 is 4.79 Å². The van der Waals surface area contributed by atoms with Crippen LogP contribution in [0.25, 0.3) is 22.3 Å². The van der Waals surface area contributed by atoms with Crippen molar-refractivity contribution in [3.05, 3.63) is 35.5 Å². The van der Waals surface area contributed by atoms with Crippen molar-refractivity contribution in [2.75, 3.05) is 24.2 Å². The maximum absolute atomic E-state index is 12.1. The van der Waals surface area contributed by atoms with Crippen LogP contribution in [-0.2, 0) is 6.42 Å². The summed E-state index contributed by atoms with van der Waals surface area (Å²) in [5, 5.41) is 9.42. The molecule has 1 aromatic carbocycles. The van der Waals surface area contributed by atoms with Crippen molar-refractivity contribution >= 4 is 28.6 Å². The lowest BCUT2D eigenvalue weighted by Gasteiger charge is -2.23. The second-order valence-electron chi connectivity index (χ2n) is 7.80. The first kappa shape index (κ1) is 17.3. The van der Waals surface area contributed by atoms with Crippen LogP contribution in [-0.4, -0.2) is 40.0 Å². The molecule has 0 radical (unpaired) electrons. The highest BCUT2D eigenvalue weighted by Crippen LogP contribution is 2.32. The molecule has 3 heterocycles. The standard InChI is InChI=1S/C20H24N6O/c1-20(2,3)26-18-17(21-4)24-14-7-5-6-11(16(14)25-18)15-10-12-13(23-15)8-9-22-19(12)27/h5-7,10,23H,8-9H2,1-4H3,(H,21,24)(H,22,27)(H,25,26). The fraction of sp³-hybridized carbons (Fsp3) is 0.350. The number of para-hydroxylation sites is 1. The number of hydrogen-bond acceptors (Lipinski definition) is 5. The van der Waals surface area contributed by atoms with Crippen LogP contribution in [0.3, 0.4) is 0 Å². The molecule has 1 amide bonds. The number of aromatic amines is 1. The molecule has 2 aromatic heterocycles. The summed E-state index contributed by atoms with van der Waals surface area (Å²) >= 11 is 0. The minimum Gasteiger partial charge on any atom is -0.370 e. The molecule has 1 aliphatic rings. The summed E-state index contributed by atoms with van der Waals surface area (Å²) in [6, 6.07) is 7.82. The lowest BCUT2D eigenvalue weighted by atomic mass is 10.1. The molecule has 3 aromatic rings. The topological polar surface area (TPSA) is 94.7 Å². The van der Waals surface area contributed by atoms with E-state index in [4.69, 9.17) is 9.97 Å². The van der Waals surface area contributed by atoms with E-state index < -0.39 is 0 Å². The number of amides is 1. The van der Waals surface area contributed by atoms with Gasteiger partial charge in [-0.25, -0.2) is 9.97 Å². The Bertz CT molecular complexity index is 1030. The number of carbonyl (C=O) groups excluding carboxylic acids is 1. The predicted octanol–water partition coefficient (Wildman–Crippen LogP) is 3.16. The van der Waals surface area contributed by atoms with Gasteiger partial charge in [-0.05, 0) is 32.9 Å². The average molecular weight is 364 g/mol. The largest absolute Gasteiger partial charge is 0.370 e. The Morgan fingerprint density at radius 1 is 1.11 bits per heavy atom. The normalized spacial score (nSPS) is 14.0. The summed E-state index contributed by atoms with van der Waals surface area (Å²) in [6.07, 6.45) is 0.804. The highest BCUT2D eigenvalue weighted by molar-refractivity contribution is 6.00. The second-order valence-corrected chi connectivity index (χ2v) is 7.80. The zero-order chi connectivity index (χ0) is 19.2. The number of nitrogens with zero attached hydrogens (tertiary/aromatic N) is 2. The summed E-state index contributed by atoms with van der Waals surface area (Å²) in [5.41, 5.74) is 4.94. The van der Waals surface area contributed by atoms with Crippen LogP contribution in [0.4, 0.5) is 11.6 Å². The summed E-state index contributed by atoms with van der Waals surface area (Å²) in [6.45, 7) is 6.91. The van der Waals surface area contributed by atoms with Gasteiger partial charge in [-0.2, -0.15) is 0 Å². The Kier molecular flexibility index (Phi) is 4.02. The van der Waals surface area contributed by atoms with Crippen LogP contribution < -0.4 is 16.0 Å². The zero-order valence-electron chi connectivity index (χ0n) is 16.0. The van der Waals surface area contributed by atoms with Crippen LogP contribution in [0.2, 0.25) is 0 Å². The van der Waals surface area contributed by atoms with E-state index in [0.717, 1.165) is 34.4 Å². The van der Waals surface area contributed by atoms with Gasteiger partial charge in [0.05, 0.1) is 11.1 Å². The number of nitrogens with one attached hydrogen (secondary N) is 4. The van der Waals surface area contributed by atoms with E-state index in [-0.39, 0.29) is 11.4 Å². The average Bonchev–Trinajstić information content (AvgIpc) is 3.05. The Morgan fingerprint density at radius 3 is 2.63 bits per heavy atom. The number of carbonyl (C=O) groups is 1. The van der Waals surface area contributed by atoms with Gasteiger partial charge in [0.15, 0.2) is 11.6 Å². The third-order valence-electron chi connectivity index (χ3n) is 4.52. The highest BCUT2D eigenvalue weighted by atomic mass is 16.1.